The number of piperidine rings is 1. The maximum Gasteiger partial charge on any atom is 0.257 e. The van der Waals surface area contributed by atoms with Crippen molar-refractivity contribution in [3.05, 3.63) is 57.0 Å². The molecule has 1 aliphatic rings. The maximum atomic E-state index is 13.2. The molecule has 1 aromatic heterocycles. The van der Waals surface area contributed by atoms with Gasteiger partial charge in [0.05, 0.1) is 5.25 Å². The molecular formula is C27H39N3O2S. The van der Waals surface area contributed by atoms with E-state index < -0.39 is 0 Å². The van der Waals surface area contributed by atoms with Crippen molar-refractivity contribution in [2.24, 2.45) is 13.0 Å². The molecule has 0 spiro atoms. The zero-order valence-corrected chi connectivity index (χ0v) is 22.1. The molecule has 1 saturated heterocycles. The summed E-state index contributed by atoms with van der Waals surface area (Å²) in [5.41, 5.74) is 3.92. The fourth-order valence-electron chi connectivity index (χ4n) is 4.23. The first-order valence-electron chi connectivity index (χ1n) is 12.1. The van der Waals surface area contributed by atoms with E-state index in [9.17, 15) is 9.59 Å². The number of thioether (sulfide) groups is 1. The van der Waals surface area contributed by atoms with E-state index in [-0.39, 0.29) is 22.1 Å². The molecule has 2 heterocycles. The summed E-state index contributed by atoms with van der Waals surface area (Å²) in [7, 11) is 1.77. The van der Waals surface area contributed by atoms with Gasteiger partial charge in [-0.25, -0.2) is 4.98 Å². The number of benzene rings is 1. The van der Waals surface area contributed by atoms with Gasteiger partial charge in [0, 0.05) is 37.8 Å². The molecule has 3 rings (SSSR count). The smallest absolute Gasteiger partial charge is 0.257 e. The van der Waals surface area contributed by atoms with Gasteiger partial charge in [-0.05, 0) is 48.6 Å². The average molecular weight is 470 g/mol. The molecule has 1 atom stereocenters. The number of aryl methyl sites for hydroxylation is 1. The van der Waals surface area contributed by atoms with Crippen LogP contribution in [0.25, 0.3) is 0 Å². The van der Waals surface area contributed by atoms with Crippen molar-refractivity contribution >= 4 is 17.7 Å². The van der Waals surface area contributed by atoms with Crippen LogP contribution in [0.4, 0.5) is 0 Å². The number of amides is 1. The van der Waals surface area contributed by atoms with Crippen LogP contribution in [0.15, 0.2) is 34.2 Å². The molecule has 6 heteroatoms. The number of hydrogen-bond donors (Lipinski definition) is 0. The summed E-state index contributed by atoms with van der Waals surface area (Å²) in [6, 6.07) is 8.50. The second kappa shape index (κ2) is 10.5. The Labute approximate surface area is 203 Å². The van der Waals surface area contributed by atoms with Gasteiger partial charge in [0.25, 0.3) is 5.56 Å². The first kappa shape index (κ1) is 25.5. The highest BCUT2D eigenvalue weighted by Crippen LogP contribution is 2.28. The largest absolute Gasteiger partial charge is 0.342 e. The van der Waals surface area contributed by atoms with Crippen molar-refractivity contribution in [3.8, 4) is 0 Å². The number of nitrogens with zero attached hydrogens (tertiary/aromatic N) is 3. The summed E-state index contributed by atoms with van der Waals surface area (Å²) in [6.07, 6.45) is 3.40. The van der Waals surface area contributed by atoms with Crippen molar-refractivity contribution in [1.82, 2.24) is 14.5 Å². The summed E-state index contributed by atoms with van der Waals surface area (Å²) < 4.78 is 1.62. The van der Waals surface area contributed by atoms with E-state index in [0.29, 0.717) is 23.9 Å². The highest BCUT2D eigenvalue weighted by molar-refractivity contribution is 8.00. The summed E-state index contributed by atoms with van der Waals surface area (Å²) in [5, 5.41) is 0.404. The molecule has 0 N–H and O–H groups in total. The molecule has 0 bridgehead atoms. The third-order valence-corrected chi connectivity index (χ3v) is 8.14. The number of hydrogen-bond acceptors (Lipinski definition) is 4. The predicted octanol–water partition coefficient (Wildman–Crippen LogP) is 5.11. The number of aromatic nitrogens is 2. The Kier molecular flexibility index (Phi) is 8.09. The van der Waals surface area contributed by atoms with Crippen molar-refractivity contribution < 1.29 is 4.79 Å². The Morgan fingerprint density at radius 1 is 1.18 bits per heavy atom. The van der Waals surface area contributed by atoms with Crippen LogP contribution in [0.3, 0.4) is 0 Å². The second-order valence-electron chi connectivity index (χ2n) is 10.5. The van der Waals surface area contributed by atoms with Crippen LogP contribution in [0.1, 0.15) is 76.3 Å². The number of likely N-dealkylation sites (tertiary alicyclic amines) is 1. The minimum Gasteiger partial charge on any atom is -0.342 e. The molecule has 5 nitrogen and oxygen atoms in total. The second-order valence-corrected chi connectivity index (χ2v) is 11.6. The van der Waals surface area contributed by atoms with Gasteiger partial charge in [-0.15, -0.1) is 0 Å². The SMILES string of the molecule is CCC(Sc1nc(C)c(Cc2ccc(C(C)(C)C)cc2)c(=O)n1C)C(=O)N1CCC(C)CC1. The standard InChI is InChI=1S/C27H39N3O2S/c1-8-23(25(32)30-15-13-18(2)14-16-30)33-26-28-19(3)22(24(31)29(26)7)17-20-9-11-21(12-10-20)27(4,5)6/h9-12,18,23H,8,13-17H2,1-7H3. The number of carbonyl (C=O) groups excluding carboxylic acids is 1. The zero-order valence-electron chi connectivity index (χ0n) is 21.3. The van der Waals surface area contributed by atoms with Crippen LogP contribution in [0.2, 0.25) is 0 Å². The minimum atomic E-state index is -0.216. The van der Waals surface area contributed by atoms with Crippen molar-refractivity contribution in [3.63, 3.8) is 0 Å². The van der Waals surface area contributed by atoms with Gasteiger partial charge in [-0.3, -0.25) is 14.2 Å². The third-order valence-electron chi connectivity index (χ3n) is 6.74. The molecule has 1 fully saturated rings. The molecule has 1 aliphatic heterocycles. The summed E-state index contributed by atoms with van der Waals surface area (Å²) in [6.45, 7) is 14.4. The molecule has 33 heavy (non-hydrogen) atoms. The lowest BCUT2D eigenvalue weighted by Crippen LogP contribution is -2.42. The van der Waals surface area contributed by atoms with Crippen LogP contribution < -0.4 is 5.56 Å². The normalized spacial score (nSPS) is 16.2. The fraction of sp³-hybridized carbons (Fsp3) is 0.593. The third kappa shape index (κ3) is 6.08. The maximum absolute atomic E-state index is 13.2. The fourth-order valence-corrected chi connectivity index (χ4v) is 5.34. The minimum absolute atomic E-state index is 0.0287. The van der Waals surface area contributed by atoms with E-state index in [1.807, 2.05) is 18.7 Å². The Bertz CT molecular complexity index is 1030. The van der Waals surface area contributed by atoms with E-state index in [4.69, 9.17) is 4.98 Å². The number of carbonyl (C=O) groups is 1. The number of rotatable bonds is 6. The van der Waals surface area contributed by atoms with E-state index in [1.165, 1.54) is 17.3 Å². The lowest BCUT2D eigenvalue weighted by atomic mass is 9.86. The molecular weight excluding hydrogens is 430 g/mol. The van der Waals surface area contributed by atoms with Gasteiger partial charge in [0.15, 0.2) is 5.16 Å². The van der Waals surface area contributed by atoms with E-state index in [2.05, 4.69) is 52.0 Å². The first-order chi connectivity index (χ1) is 15.5. The van der Waals surface area contributed by atoms with Crippen LogP contribution >= 0.6 is 11.8 Å². The topological polar surface area (TPSA) is 55.2 Å². The van der Waals surface area contributed by atoms with Crippen molar-refractivity contribution in [2.45, 2.75) is 83.0 Å². The summed E-state index contributed by atoms with van der Waals surface area (Å²) >= 11 is 1.43. The van der Waals surface area contributed by atoms with Gasteiger partial charge in [0.2, 0.25) is 5.91 Å². The highest BCUT2D eigenvalue weighted by Gasteiger charge is 2.28. The average Bonchev–Trinajstić information content (AvgIpc) is 2.78. The Hall–Kier alpha value is -2.08. The monoisotopic (exact) mass is 469 g/mol. The molecule has 180 valence electrons. The molecule has 1 aromatic carbocycles. The molecule has 0 radical (unpaired) electrons. The van der Waals surface area contributed by atoms with E-state index in [0.717, 1.165) is 42.8 Å². The van der Waals surface area contributed by atoms with E-state index in [1.54, 1.807) is 11.6 Å². The summed E-state index contributed by atoms with van der Waals surface area (Å²) in [5.74, 6) is 0.855. The lowest BCUT2D eigenvalue weighted by Gasteiger charge is -2.32. The van der Waals surface area contributed by atoms with Crippen molar-refractivity contribution in [2.75, 3.05) is 13.1 Å². The van der Waals surface area contributed by atoms with Crippen LogP contribution in [0, 0.1) is 12.8 Å². The summed E-state index contributed by atoms with van der Waals surface area (Å²) in [4.78, 5) is 33.1. The molecule has 1 unspecified atom stereocenters. The van der Waals surface area contributed by atoms with Gasteiger partial charge in [-0.2, -0.15) is 0 Å². The van der Waals surface area contributed by atoms with Gasteiger partial charge in [0.1, 0.15) is 0 Å². The quantitative estimate of drug-likeness (QED) is 0.436. The zero-order chi connectivity index (χ0) is 24.3. The highest BCUT2D eigenvalue weighted by atomic mass is 32.2. The van der Waals surface area contributed by atoms with Gasteiger partial charge < -0.3 is 4.90 Å². The molecule has 0 saturated carbocycles. The van der Waals surface area contributed by atoms with Crippen LogP contribution in [-0.4, -0.2) is 38.7 Å². The Balaban J connectivity index is 1.78. The Morgan fingerprint density at radius 2 is 1.79 bits per heavy atom. The van der Waals surface area contributed by atoms with Crippen LogP contribution in [0.5, 0.6) is 0 Å². The van der Waals surface area contributed by atoms with E-state index >= 15 is 0 Å². The predicted molar refractivity (Wildman–Crippen MR) is 137 cm³/mol. The van der Waals surface area contributed by atoms with Crippen LogP contribution in [-0.2, 0) is 23.7 Å². The van der Waals surface area contributed by atoms with Gasteiger partial charge in [-0.1, -0.05) is 70.6 Å². The lowest BCUT2D eigenvalue weighted by molar-refractivity contribution is -0.131. The van der Waals surface area contributed by atoms with Crippen molar-refractivity contribution in [1.29, 1.82) is 0 Å². The molecule has 2 aromatic rings. The molecule has 0 aliphatic carbocycles. The Morgan fingerprint density at radius 3 is 2.33 bits per heavy atom. The van der Waals surface area contributed by atoms with Gasteiger partial charge >= 0.3 is 0 Å². The first-order valence-corrected chi connectivity index (χ1v) is 13.0. The molecule has 1 amide bonds.